The van der Waals surface area contributed by atoms with Gasteiger partial charge in [-0.25, -0.2) is 0 Å². The summed E-state index contributed by atoms with van der Waals surface area (Å²) in [7, 11) is 3.13. The number of benzene rings is 2. The predicted molar refractivity (Wildman–Crippen MR) is 106 cm³/mol. The molecule has 29 heavy (non-hydrogen) atoms. The van der Waals surface area contributed by atoms with Crippen molar-refractivity contribution in [3.8, 4) is 28.6 Å². The van der Waals surface area contributed by atoms with Crippen LogP contribution in [0.25, 0.3) is 11.4 Å². The number of rotatable bonds is 9. The van der Waals surface area contributed by atoms with Crippen LogP contribution in [0, 0.1) is 0 Å². The number of amides is 1. The largest absolute Gasteiger partial charge is 0.497 e. The van der Waals surface area contributed by atoms with E-state index in [1.54, 1.807) is 32.4 Å². The lowest BCUT2D eigenvalue weighted by molar-refractivity contribution is -0.128. The zero-order valence-corrected chi connectivity index (χ0v) is 16.5. The fraction of sp³-hybridized carbons (Fsp3) is 0.286. The maximum Gasteiger partial charge on any atom is 0.261 e. The lowest BCUT2D eigenvalue weighted by Crippen LogP contribution is -2.37. The average Bonchev–Trinajstić information content (AvgIpc) is 3.24. The summed E-state index contributed by atoms with van der Waals surface area (Å²) in [6.45, 7) is 1.98. The third-order valence-electron chi connectivity index (χ3n) is 4.22. The van der Waals surface area contributed by atoms with Crippen LogP contribution >= 0.6 is 0 Å². The van der Waals surface area contributed by atoms with Crippen molar-refractivity contribution in [3.63, 3.8) is 0 Å². The van der Waals surface area contributed by atoms with Crippen LogP contribution in [0.5, 0.6) is 17.2 Å². The summed E-state index contributed by atoms with van der Waals surface area (Å²) in [5.41, 5.74) is 0.661. The van der Waals surface area contributed by atoms with E-state index < -0.39 is 6.10 Å². The fourth-order valence-electron chi connectivity index (χ4n) is 2.68. The van der Waals surface area contributed by atoms with Gasteiger partial charge in [-0.3, -0.25) is 4.79 Å². The van der Waals surface area contributed by atoms with Gasteiger partial charge < -0.3 is 24.1 Å². The molecular formula is C21H23N3O5. The average molecular weight is 397 g/mol. The van der Waals surface area contributed by atoms with E-state index in [-0.39, 0.29) is 18.3 Å². The van der Waals surface area contributed by atoms with Gasteiger partial charge in [0.25, 0.3) is 5.91 Å². The van der Waals surface area contributed by atoms with Gasteiger partial charge in [-0.1, -0.05) is 30.3 Å². The van der Waals surface area contributed by atoms with Crippen LogP contribution in [0.3, 0.4) is 0 Å². The molecule has 1 aromatic heterocycles. The Kier molecular flexibility index (Phi) is 6.67. The molecule has 0 unspecified atom stereocenters. The normalized spacial score (nSPS) is 11.6. The van der Waals surface area contributed by atoms with Crippen molar-refractivity contribution in [3.05, 3.63) is 54.4 Å². The van der Waals surface area contributed by atoms with E-state index in [4.69, 9.17) is 18.7 Å². The maximum absolute atomic E-state index is 12.4. The number of aromatic nitrogens is 2. The van der Waals surface area contributed by atoms with E-state index in [1.165, 1.54) is 0 Å². The van der Waals surface area contributed by atoms with Crippen LogP contribution < -0.4 is 19.5 Å². The number of hydrogen-bond acceptors (Lipinski definition) is 7. The molecule has 1 amide bonds. The third-order valence-corrected chi connectivity index (χ3v) is 4.22. The molecule has 8 nitrogen and oxygen atoms in total. The topological polar surface area (TPSA) is 95.7 Å². The first-order valence-corrected chi connectivity index (χ1v) is 9.19. The highest BCUT2D eigenvalue weighted by atomic mass is 16.5. The minimum atomic E-state index is -0.610. The lowest BCUT2D eigenvalue weighted by atomic mass is 10.2. The maximum atomic E-state index is 12.4. The van der Waals surface area contributed by atoms with E-state index in [1.807, 2.05) is 37.3 Å². The molecule has 152 valence electrons. The Balaban J connectivity index is 1.63. The van der Waals surface area contributed by atoms with Gasteiger partial charge in [0.2, 0.25) is 11.7 Å². The van der Waals surface area contributed by atoms with E-state index in [9.17, 15) is 4.79 Å². The second-order valence-electron chi connectivity index (χ2n) is 6.12. The Morgan fingerprint density at radius 1 is 1.10 bits per heavy atom. The van der Waals surface area contributed by atoms with Crippen LogP contribution in [0.1, 0.15) is 19.2 Å². The standard InChI is InChI=1S/C21H23N3O5/c1-4-17(28-14-8-6-5-7-9-14)21(25)22-13-19-23-20(24-29-19)16-11-10-15(26-2)12-18(16)27-3/h5-12,17H,4,13H2,1-3H3,(H,22,25)/t17-/m0/s1. The van der Waals surface area contributed by atoms with Gasteiger partial charge in [0.1, 0.15) is 17.2 Å². The molecule has 0 saturated carbocycles. The molecule has 1 atom stereocenters. The Morgan fingerprint density at radius 2 is 1.90 bits per heavy atom. The Hall–Kier alpha value is -3.55. The summed E-state index contributed by atoms with van der Waals surface area (Å²) in [6.07, 6.45) is -0.0831. The summed E-state index contributed by atoms with van der Waals surface area (Å²) in [5.74, 6) is 2.25. The molecule has 0 radical (unpaired) electrons. The molecule has 0 saturated heterocycles. The summed E-state index contributed by atoms with van der Waals surface area (Å²) >= 11 is 0. The molecule has 0 aliphatic carbocycles. The molecule has 8 heteroatoms. The summed E-state index contributed by atoms with van der Waals surface area (Å²) < 4.78 is 21.5. The zero-order valence-electron chi connectivity index (χ0n) is 16.5. The van der Waals surface area contributed by atoms with Crippen LogP contribution in [-0.2, 0) is 11.3 Å². The van der Waals surface area contributed by atoms with Gasteiger partial charge >= 0.3 is 0 Å². The number of methoxy groups -OCH3 is 2. The molecule has 2 aromatic carbocycles. The number of hydrogen-bond donors (Lipinski definition) is 1. The van der Waals surface area contributed by atoms with Gasteiger partial charge in [0.15, 0.2) is 6.10 Å². The van der Waals surface area contributed by atoms with Gasteiger partial charge in [-0.05, 0) is 30.7 Å². The second kappa shape index (κ2) is 9.59. The highest BCUT2D eigenvalue weighted by Crippen LogP contribution is 2.31. The van der Waals surface area contributed by atoms with Crippen LogP contribution in [0.4, 0.5) is 0 Å². The second-order valence-corrected chi connectivity index (χ2v) is 6.12. The van der Waals surface area contributed by atoms with Crippen LogP contribution in [0.2, 0.25) is 0 Å². The molecule has 0 fully saturated rings. The molecule has 1 N–H and O–H groups in total. The molecule has 0 aliphatic rings. The van der Waals surface area contributed by atoms with Gasteiger partial charge in [-0.2, -0.15) is 4.98 Å². The van der Waals surface area contributed by atoms with Crippen molar-refractivity contribution in [2.24, 2.45) is 0 Å². The third kappa shape index (κ3) is 5.04. The monoisotopic (exact) mass is 397 g/mol. The minimum absolute atomic E-state index is 0.0962. The molecule has 1 heterocycles. The minimum Gasteiger partial charge on any atom is -0.497 e. The van der Waals surface area contributed by atoms with E-state index in [2.05, 4.69) is 15.5 Å². The first kappa shape index (κ1) is 20.2. The number of carbonyl (C=O) groups excluding carboxylic acids is 1. The van der Waals surface area contributed by atoms with Gasteiger partial charge in [0.05, 0.1) is 26.3 Å². The number of ether oxygens (including phenoxy) is 3. The highest BCUT2D eigenvalue weighted by Gasteiger charge is 2.20. The smallest absolute Gasteiger partial charge is 0.261 e. The molecule has 0 aliphatic heterocycles. The molecule has 3 aromatic rings. The van der Waals surface area contributed by atoms with Crippen LogP contribution in [0.15, 0.2) is 53.1 Å². The number of carbonyl (C=O) groups is 1. The molecule has 3 rings (SSSR count). The number of para-hydroxylation sites is 1. The molecule has 0 bridgehead atoms. The predicted octanol–water partition coefficient (Wildman–Crippen LogP) is 3.23. The van der Waals surface area contributed by atoms with Crippen molar-refractivity contribution >= 4 is 5.91 Å². The lowest BCUT2D eigenvalue weighted by Gasteiger charge is -2.16. The summed E-state index contributed by atoms with van der Waals surface area (Å²) in [4.78, 5) is 16.8. The van der Waals surface area contributed by atoms with E-state index in [0.717, 1.165) is 0 Å². The molecule has 0 spiro atoms. The SMILES string of the molecule is CC[C@H](Oc1ccccc1)C(=O)NCc1nc(-c2ccc(OC)cc2OC)no1. The molecular weight excluding hydrogens is 374 g/mol. The van der Waals surface area contributed by atoms with Crippen molar-refractivity contribution < 1.29 is 23.5 Å². The number of nitrogens with one attached hydrogen (secondary N) is 1. The van der Waals surface area contributed by atoms with Gasteiger partial charge in [-0.15, -0.1) is 0 Å². The van der Waals surface area contributed by atoms with E-state index >= 15 is 0 Å². The zero-order chi connectivity index (χ0) is 20.6. The van der Waals surface area contributed by atoms with E-state index in [0.29, 0.717) is 35.1 Å². The van der Waals surface area contributed by atoms with Crippen molar-refractivity contribution in [2.45, 2.75) is 26.0 Å². The quantitative estimate of drug-likeness (QED) is 0.592. The Morgan fingerprint density at radius 3 is 2.59 bits per heavy atom. The van der Waals surface area contributed by atoms with Gasteiger partial charge in [0, 0.05) is 6.07 Å². The van der Waals surface area contributed by atoms with Crippen molar-refractivity contribution in [2.75, 3.05) is 14.2 Å². The summed E-state index contributed by atoms with van der Waals surface area (Å²) in [5, 5.41) is 6.74. The Bertz CT molecular complexity index is 942. The Labute approximate surface area is 168 Å². The first-order chi connectivity index (χ1) is 14.1. The highest BCUT2D eigenvalue weighted by molar-refractivity contribution is 5.81. The van der Waals surface area contributed by atoms with Crippen LogP contribution in [-0.4, -0.2) is 36.4 Å². The first-order valence-electron chi connectivity index (χ1n) is 9.19. The van der Waals surface area contributed by atoms with Crippen molar-refractivity contribution in [1.29, 1.82) is 0 Å². The van der Waals surface area contributed by atoms with Crippen molar-refractivity contribution in [1.82, 2.24) is 15.5 Å². The number of nitrogens with zero attached hydrogens (tertiary/aromatic N) is 2. The fourth-order valence-corrected chi connectivity index (χ4v) is 2.68. The summed E-state index contributed by atoms with van der Waals surface area (Å²) in [6, 6.07) is 14.5.